The molecule has 0 amide bonds. The second-order valence-corrected chi connectivity index (χ2v) is 6.99. The zero-order valence-corrected chi connectivity index (χ0v) is 13.5. The van der Waals surface area contributed by atoms with Crippen LogP contribution in [-0.2, 0) is 0 Å². The van der Waals surface area contributed by atoms with Gasteiger partial charge in [-0.15, -0.1) is 0 Å². The van der Waals surface area contributed by atoms with Crippen LogP contribution in [0.15, 0.2) is 0 Å². The van der Waals surface area contributed by atoms with Crippen LogP contribution in [0.25, 0.3) is 0 Å². The highest BCUT2D eigenvalue weighted by Gasteiger charge is 2.32. The van der Waals surface area contributed by atoms with Crippen molar-refractivity contribution in [2.75, 3.05) is 26.2 Å². The maximum Gasteiger partial charge on any atom is 0.0679 e. The van der Waals surface area contributed by atoms with Gasteiger partial charge in [0.25, 0.3) is 0 Å². The van der Waals surface area contributed by atoms with Crippen molar-refractivity contribution in [1.82, 2.24) is 10.2 Å². The molecule has 2 fully saturated rings. The molecule has 0 aromatic heterocycles. The number of hydrogen-bond acceptors (Lipinski definition) is 3. The summed E-state index contributed by atoms with van der Waals surface area (Å²) >= 11 is 0. The first-order chi connectivity index (χ1) is 9.72. The normalized spacial score (nSPS) is 35.5. The summed E-state index contributed by atoms with van der Waals surface area (Å²) in [5.74, 6) is 1.73. The fourth-order valence-corrected chi connectivity index (χ4v) is 4.14. The van der Waals surface area contributed by atoms with Crippen molar-refractivity contribution in [3.8, 4) is 0 Å². The molecule has 20 heavy (non-hydrogen) atoms. The van der Waals surface area contributed by atoms with Gasteiger partial charge in [-0.1, -0.05) is 26.7 Å². The summed E-state index contributed by atoms with van der Waals surface area (Å²) < 4.78 is 0. The van der Waals surface area contributed by atoms with Crippen molar-refractivity contribution in [1.29, 1.82) is 0 Å². The molecule has 1 saturated heterocycles. The van der Waals surface area contributed by atoms with Gasteiger partial charge in [-0.2, -0.15) is 0 Å². The molecule has 4 atom stereocenters. The van der Waals surface area contributed by atoms with Crippen LogP contribution < -0.4 is 5.32 Å². The smallest absolute Gasteiger partial charge is 0.0679 e. The molecule has 3 nitrogen and oxygen atoms in total. The second-order valence-electron chi connectivity index (χ2n) is 6.99. The van der Waals surface area contributed by atoms with Gasteiger partial charge >= 0.3 is 0 Å². The number of aliphatic hydroxyl groups is 1. The first-order valence-electron chi connectivity index (χ1n) is 8.86. The van der Waals surface area contributed by atoms with Crippen molar-refractivity contribution in [3.05, 3.63) is 0 Å². The molecule has 1 saturated carbocycles. The summed E-state index contributed by atoms with van der Waals surface area (Å²) in [6, 6.07) is 0.709. The minimum absolute atomic E-state index is 0.0768. The number of nitrogens with zero attached hydrogens (tertiary/aromatic N) is 1. The first kappa shape index (κ1) is 16.3. The minimum atomic E-state index is -0.0768. The molecular weight excluding hydrogens is 248 g/mol. The lowest BCUT2D eigenvalue weighted by atomic mass is 9.76. The fourth-order valence-electron chi connectivity index (χ4n) is 4.14. The van der Waals surface area contributed by atoms with E-state index in [1.807, 2.05) is 0 Å². The average Bonchev–Trinajstić information content (AvgIpc) is 2.84. The Labute approximate surface area is 125 Å². The van der Waals surface area contributed by atoms with Crippen LogP contribution in [0.5, 0.6) is 0 Å². The van der Waals surface area contributed by atoms with Gasteiger partial charge in [0.05, 0.1) is 6.10 Å². The van der Waals surface area contributed by atoms with Crippen LogP contribution in [0.4, 0.5) is 0 Å². The van der Waals surface area contributed by atoms with E-state index in [1.165, 1.54) is 45.1 Å². The Morgan fingerprint density at radius 2 is 2.00 bits per heavy atom. The molecular formula is C17H34N2O. The Kier molecular flexibility index (Phi) is 6.79. The summed E-state index contributed by atoms with van der Waals surface area (Å²) in [5.41, 5.74) is 0. The van der Waals surface area contributed by atoms with Crippen molar-refractivity contribution in [2.24, 2.45) is 11.8 Å². The maximum atomic E-state index is 9.72. The zero-order chi connectivity index (χ0) is 14.4. The number of rotatable bonds is 7. The fraction of sp³-hybridized carbons (Fsp3) is 1.00. The minimum Gasteiger partial charge on any atom is -0.392 e. The van der Waals surface area contributed by atoms with Gasteiger partial charge in [-0.25, -0.2) is 0 Å². The third-order valence-electron chi connectivity index (χ3n) is 5.18. The van der Waals surface area contributed by atoms with Crippen LogP contribution in [-0.4, -0.2) is 48.3 Å². The highest BCUT2D eigenvalue weighted by Crippen LogP contribution is 2.33. The first-order valence-corrected chi connectivity index (χ1v) is 8.86. The summed E-state index contributed by atoms with van der Waals surface area (Å²) in [6.45, 7) is 8.90. The topological polar surface area (TPSA) is 35.5 Å². The maximum absolute atomic E-state index is 9.72. The lowest BCUT2D eigenvalue weighted by molar-refractivity contribution is 0.132. The van der Waals surface area contributed by atoms with Crippen LogP contribution in [0.2, 0.25) is 0 Å². The number of β-amino-alcohol motifs (C(OH)–C–C–N with tert-alkyl or cyclic N) is 1. The lowest BCUT2D eigenvalue weighted by Crippen LogP contribution is -2.46. The van der Waals surface area contributed by atoms with Gasteiger partial charge < -0.3 is 15.3 Å². The van der Waals surface area contributed by atoms with E-state index in [2.05, 4.69) is 24.1 Å². The summed E-state index contributed by atoms with van der Waals surface area (Å²) in [4.78, 5) is 2.49. The standard InChI is InChI=1S/C17H34N2O/c1-3-5-14-6-7-17(18-9-4-2)15(11-14)12-19-10-8-16(20)13-19/h14-18,20H,3-13H2,1-2H3. The average molecular weight is 282 g/mol. The van der Waals surface area contributed by atoms with E-state index in [0.717, 1.165) is 37.9 Å². The Balaban J connectivity index is 1.86. The number of aliphatic hydroxyl groups excluding tert-OH is 1. The van der Waals surface area contributed by atoms with Crippen LogP contribution >= 0.6 is 0 Å². The van der Waals surface area contributed by atoms with E-state index in [4.69, 9.17) is 0 Å². The number of nitrogens with one attached hydrogen (secondary N) is 1. The largest absolute Gasteiger partial charge is 0.392 e. The zero-order valence-electron chi connectivity index (χ0n) is 13.5. The molecule has 118 valence electrons. The Hall–Kier alpha value is -0.120. The van der Waals surface area contributed by atoms with Gasteiger partial charge in [0.1, 0.15) is 0 Å². The van der Waals surface area contributed by atoms with Gasteiger partial charge in [-0.05, 0) is 50.5 Å². The SMILES string of the molecule is CCCNC1CCC(CCC)CC1CN1CCC(O)C1. The van der Waals surface area contributed by atoms with E-state index < -0.39 is 0 Å². The summed E-state index contributed by atoms with van der Waals surface area (Å²) in [5, 5.41) is 13.5. The number of hydrogen-bond donors (Lipinski definition) is 2. The molecule has 2 N–H and O–H groups in total. The number of likely N-dealkylation sites (tertiary alicyclic amines) is 1. The highest BCUT2D eigenvalue weighted by atomic mass is 16.3. The van der Waals surface area contributed by atoms with Crippen molar-refractivity contribution >= 4 is 0 Å². The molecule has 2 rings (SSSR count). The van der Waals surface area contributed by atoms with Crippen molar-refractivity contribution in [2.45, 2.75) is 70.9 Å². The van der Waals surface area contributed by atoms with Gasteiger partial charge in [0.15, 0.2) is 0 Å². The third-order valence-corrected chi connectivity index (χ3v) is 5.18. The predicted molar refractivity (Wildman–Crippen MR) is 84.9 cm³/mol. The van der Waals surface area contributed by atoms with E-state index >= 15 is 0 Å². The quantitative estimate of drug-likeness (QED) is 0.753. The van der Waals surface area contributed by atoms with E-state index in [-0.39, 0.29) is 6.10 Å². The Morgan fingerprint density at radius 3 is 2.65 bits per heavy atom. The van der Waals surface area contributed by atoms with Crippen molar-refractivity contribution in [3.63, 3.8) is 0 Å². The van der Waals surface area contributed by atoms with Gasteiger partial charge in [-0.3, -0.25) is 0 Å². The molecule has 3 heteroatoms. The second kappa shape index (κ2) is 8.35. The van der Waals surface area contributed by atoms with Crippen LogP contribution in [0.3, 0.4) is 0 Å². The van der Waals surface area contributed by atoms with E-state index in [0.29, 0.717) is 6.04 Å². The summed E-state index contributed by atoms with van der Waals surface area (Å²) in [7, 11) is 0. The predicted octanol–water partition coefficient (Wildman–Crippen LogP) is 2.64. The van der Waals surface area contributed by atoms with Gasteiger partial charge in [0, 0.05) is 25.7 Å². The highest BCUT2D eigenvalue weighted by molar-refractivity contribution is 4.88. The molecule has 0 bridgehead atoms. The monoisotopic (exact) mass is 282 g/mol. The molecule has 0 radical (unpaired) electrons. The van der Waals surface area contributed by atoms with Crippen molar-refractivity contribution < 1.29 is 5.11 Å². The molecule has 2 aliphatic rings. The molecule has 1 heterocycles. The molecule has 1 aliphatic carbocycles. The Morgan fingerprint density at radius 1 is 1.15 bits per heavy atom. The molecule has 0 spiro atoms. The summed E-state index contributed by atoms with van der Waals surface area (Å²) in [6.07, 6.45) is 9.00. The molecule has 4 unspecified atom stereocenters. The molecule has 1 aliphatic heterocycles. The van der Waals surface area contributed by atoms with Gasteiger partial charge in [0.2, 0.25) is 0 Å². The third kappa shape index (κ3) is 4.71. The van der Waals surface area contributed by atoms with Crippen LogP contribution in [0, 0.1) is 11.8 Å². The molecule has 0 aromatic rings. The van der Waals surface area contributed by atoms with E-state index in [9.17, 15) is 5.11 Å². The van der Waals surface area contributed by atoms with Crippen LogP contribution in [0.1, 0.15) is 58.8 Å². The molecule has 0 aromatic carbocycles. The van der Waals surface area contributed by atoms with E-state index in [1.54, 1.807) is 0 Å². The lowest BCUT2D eigenvalue weighted by Gasteiger charge is -2.38. The Bertz CT molecular complexity index is 272.